The lowest BCUT2D eigenvalue weighted by Crippen LogP contribution is -2.37. The summed E-state index contributed by atoms with van der Waals surface area (Å²) in [5.74, 6) is -0.341. The summed E-state index contributed by atoms with van der Waals surface area (Å²) in [7, 11) is 0. The third-order valence-corrected chi connectivity index (χ3v) is 4.74. The third kappa shape index (κ3) is 5.72. The third-order valence-electron chi connectivity index (χ3n) is 4.74. The minimum absolute atomic E-state index is 0.264. The van der Waals surface area contributed by atoms with Crippen LogP contribution in [-0.4, -0.2) is 16.7 Å². The van der Waals surface area contributed by atoms with Crippen LogP contribution < -0.4 is 9.47 Å². The van der Waals surface area contributed by atoms with Crippen molar-refractivity contribution in [2.24, 2.45) is 0 Å². The summed E-state index contributed by atoms with van der Waals surface area (Å²) in [6.07, 6.45) is 3.50. The molecule has 3 aromatic rings. The zero-order valence-corrected chi connectivity index (χ0v) is 17.7. The number of hydrogen-bond donors (Lipinski definition) is 1. The molecular formula is C26H25FO4. The van der Waals surface area contributed by atoms with Crippen molar-refractivity contribution < 1.29 is 23.8 Å². The molecule has 0 saturated heterocycles. The maximum absolute atomic E-state index is 13.2. The normalized spacial score (nSPS) is 12.5. The van der Waals surface area contributed by atoms with E-state index < -0.39 is 11.6 Å². The molecule has 5 heteroatoms. The molecule has 1 unspecified atom stereocenters. The maximum Gasteiger partial charge on any atom is 0.347 e. The molecule has 0 aliphatic heterocycles. The van der Waals surface area contributed by atoms with Gasteiger partial charge in [-0.25, -0.2) is 9.18 Å². The predicted octanol–water partition coefficient (Wildman–Crippen LogP) is 6.43. The Morgan fingerprint density at radius 1 is 0.968 bits per heavy atom. The maximum atomic E-state index is 13.2. The van der Waals surface area contributed by atoms with E-state index in [0.29, 0.717) is 11.5 Å². The van der Waals surface area contributed by atoms with Crippen molar-refractivity contribution >= 4 is 5.97 Å². The highest BCUT2D eigenvalue weighted by atomic mass is 19.1. The van der Waals surface area contributed by atoms with Crippen molar-refractivity contribution in [1.82, 2.24) is 0 Å². The van der Waals surface area contributed by atoms with E-state index in [1.54, 1.807) is 36.4 Å². The van der Waals surface area contributed by atoms with E-state index in [-0.39, 0.29) is 11.9 Å². The van der Waals surface area contributed by atoms with Crippen LogP contribution in [0.5, 0.6) is 11.5 Å². The summed E-state index contributed by atoms with van der Waals surface area (Å²) in [5, 5.41) is 9.27. The van der Waals surface area contributed by atoms with Crippen molar-refractivity contribution in [1.29, 1.82) is 0 Å². The van der Waals surface area contributed by atoms with Gasteiger partial charge in [-0.3, -0.25) is 0 Å². The van der Waals surface area contributed by atoms with Gasteiger partial charge in [-0.05, 0) is 67.8 Å². The van der Waals surface area contributed by atoms with E-state index in [9.17, 15) is 14.3 Å². The van der Waals surface area contributed by atoms with Crippen LogP contribution >= 0.6 is 0 Å². The largest absolute Gasteiger partial charge is 0.481 e. The minimum atomic E-state index is -1.35. The molecule has 0 heterocycles. The lowest BCUT2D eigenvalue weighted by atomic mass is 10.0. The zero-order chi connectivity index (χ0) is 22.4. The second-order valence-electron chi connectivity index (χ2n) is 7.59. The number of rotatable bonds is 8. The molecule has 0 amide bonds. The number of carbonyl (C=O) groups is 1. The molecule has 3 rings (SSSR count). The Morgan fingerprint density at radius 3 is 2.13 bits per heavy atom. The number of benzene rings is 3. The van der Waals surface area contributed by atoms with E-state index in [4.69, 9.17) is 9.47 Å². The van der Waals surface area contributed by atoms with E-state index in [1.165, 1.54) is 26.0 Å². The Bertz CT molecular complexity index is 1050. The molecule has 1 N–H and O–H groups in total. The molecule has 160 valence electrons. The Labute approximate surface area is 181 Å². The molecule has 0 fully saturated rings. The zero-order valence-electron chi connectivity index (χ0n) is 17.7. The van der Waals surface area contributed by atoms with Crippen molar-refractivity contribution in [3.8, 4) is 22.6 Å². The van der Waals surface area contributed by atoms with Gasteiger partial charge in [0.05, 0.1) is 0 Å². The van der Waals surface area contributed by atoms with Gasteiger partial charge in [0.25, 0.3) is 0 Å². The highest BCUT2D eigenvalue weighted by Gasteiger charge is 2.29. The number of allylic oxidation sites excluding steroid dienone is 1. The van der Waals surface area contributed by atoms with Gasteiger partial charge >= 0.3 is 5.97 Å². The van der Waals surface area contributed by atoms with Gasteiger partial charge in [0.2, 0.25) is 0 Å². The second-order valence-corrected chi connectivity index (χ2v) is 7.59. The molecule has 0 aliphatic rings. The Kier molecular flexibility index (Phi) is 6.75. The summed E-state index contributed by atoms with van der Waals surface area (Å²) in [6, 6.07) is 21.2. The number of halogens is 1. The standard InChI is InChI=1S/C26H25FO4/c1-4-6-24(20-11-9-18(10-12-20)19-13-15-21(27)16-14-19)30-22-7-5-8-23(17-22)31-26(2,3)25(28)29/h4-17,24H,1-3H3,(H,28,29). The molecule has 4 nitrogen and oxygen atoms in total. The monoisotopic (exact) mass is 420 g/mol. The lowest BCUT2D eigenvalue weighted by molar-refractivity contribution is -0.152. The molecule has 0 aliphatic carbocycles. The van der Waals surface area contributed by atoms with Crippen molar-refractivity contribution in [2.75, 3.05) is 0 Å². The first kappa shape index (κ1) is 22.1. The Hall–Kier alpha value is -3.60. The SMILES string of the molecule is CC=CC(Oc1cccc(OC(C)(C)C(=O)O)c1)c1ccc(-c2ccc(F)cc2)cc1. The Morgan fingerprint density at radius 2 is 1.55 bits per heavy atom. The van der Waals surface area contributed by atoms with Gasteiger partial charge < -0.3 is 14.6 Å². The molecule has 1 atom stereocenters. The summed E-state index contributed by atoms with van der Waals surface area (Å²) >= 11 is 0. The lowest BCUT2D eigenvalue weighted by Gasteiger charge is -2.22. The van der Waals surface area contributed by atoms with Crippen LogP contribution in [-0.2, 0) is 4.79 Å². The van der Waals surface area contributed by atoms with Crippen molar-refractivity contribution in [2.45, 2.75) is 32.5 Å². The summed E-state index contributed by atoms with van der Waals surface area (Å²) in [5.41, 5.74) is 1.51. The van der Waals surface area contributed by atoms with Crippen LogP contribution in [0.15, 0.2) is 84.9 Å². The van der Waals surface area contributed by atoms with Gasteiger partial charge in [0.1, 0.15) is 23.4 Å². The molecule has 0 spiro atoms. The van der Waals surface area contributed by atoms with Gasteiger partial charge in [0.15, 0.2) is 5.60 Å². The first-order valence-corrected chi connectivity index (χ1v) is 9.96. The number of carboxylic acids is 1. The molecule has 0 aromatic heterocycles. The average Bonchev–Trinajstić information content (AvgIpc) is 2.74. The fourth-order valence-corrected chi connectivity index (χ4v) is 3.00. The van der Waals surface area contributed by atoms with Gasteiger partial charge in [-0.1, -0.05) is 48.5 Å². The predicted molar refractivity (Wildman–Crippen MR) is 119 cm³/mol. The van der Waals surface area contributed by atoms with Crippen molar-refractivity contribution in [3.63, 3.8) is 0 Å². The van der Waals surface area contributed by atoms with Crippen LogP contribution in [0.1, 0.15) is 32.4 Å². The Balaban J connectivity index is 1.79. The van der Waals surface area contributed by atoms with E-state index in [0.717, 1.165) is 16.7 Å². The highest BCUT2D eigenvalue weighted by Crippen LogP contribution is 2.29. The second kappa shape index (κ2) is 9.47. The van der Waals surface area contributed by atoms with Crippen LogP contribution in [0.25, 0.3) is 11.1 Å². The van der Waals surface area contributed by atoms with Crippen LogP contribution in [0.3, 0.4) is 0 Å². The summed E-state index contributed by atoms with van der Waals surface area (Å²) in [4.78, 5) is 11.3. The van der Waals surface area contributed by atoms with Crippen LogP contribution in [0.2, 0.25) is 0 Å². The quantitative estimate of drug-likeness (QED) is 0.427. The van der Waals surface area contributed by atoms with E-state index in [1.807, 2.05) is 43.3 Å². The molecular weight excluding hydrogens is 395 g/mol. The fourth-order valence-electron chi connectivity index (χ4n) is 3.00. The number of carboxylic acid groups (broad SMARTS) is 1. The molecule has 3 aromatic carbocycles. The van der Waals surface area contributed by atoms with Gasteiger partial charge in [0, 0.05) is 6.07 Å². The number of ether oxygens (including phenoxy) is 2. The summed E-state index contributed by atoms with van der Waals surface area (Å²) < 4.78 is 24.9. The average molecular weight is 420 g/mol. The van der Waals surface area contributed by atoms with E-state index >= 15 is 0 Å². The molecule has 0 radical (unpaired) electrons. The van der Waals surface area contributed by atoms with Gasteiger partial charge in [-0.15, -0.1) is 0 Å². The first-order chi connectivity index (χ1) is 14.8. The first-order valence-electron chi connectivity index (χ1n) is 9.96. The highest BCUT2D eigenvalue weighted by molar-refractivity contribution is 5.76. The van der Waals surface area contributed by atoms with Crippen LogP contribution in [0, 0.1) is 5.82 Å². The summed E-state index contributed by atoms with van der Waals surface area (Å²) in [6.45, 7) is 4.90. The molecule has 0 bridgehead atoms. The van der Waals surface area contributed by atoms with Crippen molar-refractivity contribution in [3.05, 3.63) is 96.3 Å². The minimum Gasteiger partial charge on any atom is -0.481 e. The molecule has 0 saturated carbocycles. The number of aliphatic carboxylic acids is 1. The fraction of sp³-hybridized carbons (Fsp3) is 0.192. The van der Waals surface area contributed by atoms with Gasteiger partial charge in [-0.2, -0.15) is 0 Å². The molecule has 31 heavy (non-hydrogen) atoms. The topological polar surface area (TPSA) is 55.8 Å². The van der Waals surface area contributed by atoms with Crippen LogP contribution in [0.4, 0.5) is 4.39 Å². The smallest absolute Gasteiger partial charge is 0.347 e. The van der Waals surface area contributed by atoms with E-state index in [2.05, 4.69) is 0 Å². The number of hydrogen-bond acceptors (Lipinski definition) is 3.